The van der Waals surface area contributed by atoms with E-state index in [1.54, 1.807) is 0 Å². The second kappa shape index (κ2) is 1.66. The number of fused-ring (bicyclic) bond motifs is 2. The van der Waals surface area contributed by atoms with Gasteiger partial charge in [0.1, 0.15) is 0 Å². The Morgan fingerprint density at radius 3 is 2.50 bits per heavy atom. The number of rotatable bonds is 0. The van der Waals surface area contributed by atoms with Crippen LogP contribution in [-0.2, 0) is 0 Å². The molecule has 2 bridgehead atoms. The van der Waals surface area contributed by atoms with Crippen LogP contribution >= 0.6 is 0 Å². The molecule has 3 saturated carbocycles. The van der Waals surface area contributed by atoms with Crippen LogP contribution < -0.4 is 0 Å². The molecule has 0 aliphatic heterocycles. The fourth-order valence-electron chi connectivity index (χ4n) is 2.73. The second-order valence-electron chi connectivity index (χ2n) is 4.50. The summed E-state index contributed by atoms with van der Waals surface area (Å²) in [7, 11) is 0. The number of hydrogen-bond acceptors (Lipinski definition) is 0. The maximum absolute atomic E-state index is 4.13. The van der Waals surface area contributed by atoms with E-state index in [0.717, 1.165) is 11.8 Å². The van der Waals surface area contributed by atoms with E-state index in [9.17, 15) is 0 Å². The van der Waals surface area contributed by atoms with Gasteiger partial charge in [-0.3, -0.25) is 0 Å². The van der Waals surface area contributed by atoms with Crippen molar-refractivity contribution in [3.05, 3.63) is 12.2 Å². The standard InChI is InChI=1S/C10H16/c1-7-4-5-8-6-9(7)10(8,2)3/h8-9H,1,4-6H2,2-3H3/t8-,9-/m0/s1. The van der Waals surface area contributed by atoms with Crippen molar-refractivity contribution in [3.8, 4) is 0 Å². The Labute approximate surface area is 63.3 Å². The first kappa shape index (κ1) is 6.45. The molecule has 3 aliphatic rings. The van der Waals surface area contributed by atoms with Crippen LogP contribution in [0.5, 0.6) is 0 Å². The van der Waals surface area contributed by atoms with E-state index in [1.165, 1.54) is 24.8 Å². The average Bonchev–Trinajstić information content (AvgIpc) is 1.87. The van der Waals surface area contributed by atoms with Crippen molar-refractivity contribution in [2.24, 2.45) is 17.3 Å². The molecular weight excluding hydrogens is 120 g/mol. The molecule has 56 valence electrons. The first-order valence-corrected chi connectivity index (χ1v) is 4.30. The van der Waals surface area contributed by atoms with Crippen LogP contribution in [0.4, 0.5) is 0 Å². The predicted octanol–water partition coefficient (Wildman–Crippen LogP) is 3.00. The van der Waals surface area contributed by atoms with Crippen molar-refractivity contribution in [2.75, 3.05) is 0 Å². The SMILES string of the molecule is C=C1CC[C@H]2C[C@@H]1C2(C)C. The van der Waals surface area contributed by atoms with Crippen molar-refractivity contribution < 1.29 is 0 Å². The molecule has 0 saturated heterocycles. The fraction of sp³-hybridized carbons (Fsp3) is 0.800. The molecule has 0 spiro atoms. The Morgan fingerprint density at radius 1 is 1.50 bits per heavy atom. The summed E-state index contributed by atoms with van der Waals surface area (Å²) < 4.78 is 0. The lowest BCUT2D eigenvalue weighted by atomic mass is 9.47. The topological polar surface area (TPSA) is 0 Å². The molecule has 3 fully saturated rings. The second-order valence-corrected chi connectivity index (χ2v) is 4.50. The van der Waals surface area contributed by atoms with Crippen LogP contribution in [0, 0.1) is 17.3 Å². The molecule has 3 aliphatic carbocycles. The Hall–Kier alpha value is -0.260. The van der Waals surface area contributed by atoms with Crippen LogP contribution in [0.1, 0.15) is 33.1 Å². The van der Waals surface area contributed by atoms with Gasteiger partial charge in [0.25, 0.3) is 0 Å². The van der Waals surface area contributed by atoms with Gasteiger partial charge in [-0.05, 0) is 36.5 Å². The zero-order valence-electron chi connectivity index (χ0n) is 6.98. The lowest BCUT2D eigenvalue weighted by molar-refractivity contribution is -0.0273. The summed E-state index contributed by atoms with van der Waals surface area (Å²) in [5.41, 5.74) is 2.13. The third-order valence-electron chi connectivity index (χ3n) is 3.78. The maximum Gasteiger partial charge on any atom is -0.0149 e. The molecule has 0 unspecified atom stereocenters. The number of hydrogen-bond donors (Lipinski definition) is 0. The summed E-state index contributed by atoms with van der Waals surface area (Å²) in [6, 6.07) is 0. The summed E-state index contributed by atoms with van der Waals surface area (Å²) in [5, 5.41) is 0. The van der Waals surface area contributed by atoms with Gasteiger partial charge >= 0.3 is 0 Å². The van der Waals surface area contributed by atoms with Crippen LogP contribution in [-0.4, -0.2) is 0 Å². The molecule has 0 radical (unpaired) electrons. The molecule has 0 N–H and O–H groups in total. The van der Waals surface area contributed by atoms with E-state index in [2.05, 4.69) is 20.4 Å². The zero-order valence-corrected chi connectivity index (χ0v) is 6.98. The fourth-order valence-corrected chi connectivity index (χ4v) is 2.73. The van der Waals surface area contributed by atoms with E-state index in [0.29, 0.717) is 5.41 Å². The summed E-state index contributed by atoms with van der Waals surface area (Å²) >= 11 is 0. The monoisotopic (exact) mass is 136 g/mol. The van der Waals surface area contributed by atoms with E-state index in [-0.39, 0.29) is 0 Å². The minimum atomic E-state index is 0.606. The first-order chi connectivity index (χ1) is 4.62. The van der Waals surface area contributed by atoms with E-state index in [1.807, 2.05) is 0 Å². The van der Waals surface area contributed by atoms with Gasteiger partial charge in [-0.2, -0.15) is 0 Å². The van der Waals surface area contributed by atoms with Crippen LogP contribution in [0.2, 0.25) is 0 Å². The van der Waals surface area contributed by atoms with E-state index in [4.69, 9.17) is 0 Å². The molecule has 0 aromatic rings. The summed E-state index contributed by atoms with van der Waals surface area (Å²) in [5.74, 6) is 1.88. The summed E-state index contributed by atoms with van der Waals surface area (Å²) in [4.78, 5) is 0. The van der Waals surface area contributed by atoms with Gasteiger partial charge in [0.15, 0.2) is 0 Å². The lowest BCUT2D eigenvalue weighted by Crippen LogP contribution is -2.48. The lowest BCUT2D eigenvalue weighted by Gasteiger charge is -2.57. The highest BCUT2D eigenvalue weighted by Crippen LogP contribution is 2.60. The van der Waals surface area contributed by atoms with Gasteiger partial charge in [0, 0.05) is 0 Å². The van der Waals surface area contributed by atoms with Crippen molar-refractivity contribution in [1.82, 2.24) is 0 Å². The van der Waals surface area contributed by atoms with Crippen molar-refractivity contribution in [3.63, 3.8) is 0 Å². The molecule has 3 rings (SSSR count). The first-order valence-electron chi connectivity index (χ1n) is 4.30. The summed E-state index contributed by atoms with van der Waals surface area (Å²) in [6.45, 7) is 8.93. The number of allylic oxidation sites excluding steroid dienone is 1. The van der Waals surface area contributed by atoms with E-state index >= 15 is 0 Å². The molecular formula is C10H16. The predicted molar refractivity (Wildman–Crippen MR) is 43.8 cm³/mol. The van der Waals surface area contributed by atoms with Crippen LogP contribution in [0.15, 0.2) is 12.2 Å². The Kier molecular flexibility index (Phi) is 1.07. The van der Waals surface area contributed by atoms with Gasteiger partial charge in [-0.1, -0.05) is 26.0 Å². The van der Waals surface area contributed by atoms with Crippen molar-refractivity contribution >= 4 is 0 Å². The minimum Gasteiger partial charge on any atom is -0.0996 e. The highest BCUT2D eigenvalue weighted by atomic mass is 14.6. The smallest absolute Gasteiger partial charge is 0.0149 e. The molecule has 0 aromatic heterocycles. The molecule has 0 heteroatoms. The van der Waals surface area contributed by atoms with Gasteiger partial charge in [0.05, 0.1) is 0 Å². The molecule has 2 atom stereocenters. The Morgan fingerprint density at radius 2 is 2.20 bits per heavy atom. The van der Waals surface area contributed by atoms with Gasteiger partial charge in [0.2, 0.25) is 0 Å². The zero-order chi connectivity index (χ0) is 7.35. The largest absolute Gasteiger partial charge is 0.0996 e. The quantitative estimate of drug-likeness (QED) is 0.449. The molecule has 0 aromatic carbocycles. The molecule has 0 amide bonds. The Balaban J connectivity index is 2.23. The average molecular weight is 136 g/mol. The third-order valence-corrected chi connectivity index (χ3v) is 3.78. The van der Waals surface area contributed by atoms with Crippen LogP contribution in [0.3, 0.4) is 0 Å². The molecule has 10 heavy (non-hydrogen) atoms. The maximum atomic E-state index is 4.13. The van der Waals surface area contributed by atoms with Crippen molar-refractivity contribution in [1.29, 1.82) is 0 Å². The van der Waals surface area contributed by atoms with E-state index < -0.39 is 0 Å². The Bertz CT molecular complexity index is 174. The van der Waals surface area contributed by atoms with Gasteiger partial charge in [-0.25, -0.2) is 0 Å². The summed E-state index contributed by atoms with van der Waals surface area (Å²) in [6.07, 6.45) is 4.15. The van der Waals surface area contributed by atoms with Gasteiger partial charge in [-0.15, -0.1) is 0 Å². The normalized spacial score (nSPS) is 42.8. The highest BCUT2D eigenvalue weighted by Gasteiger charge is 2.51. The third kappa shape index (κ3) is 0.574. The highest BCUT2D eigenvalue weighted by molar-refractivity contribution is 5.18. The molecule has 0 nitrogen and oxygen atoms in total. The van der Waals surface area contributed by atoms with Crippen molar-refractivity contribution in [2.45, 2.75) is 33.1 Å². The van der Waals surface area contributed by atoms with Gasteiger partial charge < -0.3 is 0 Å². The molecule has 0 heterocycles. The minimum absolute atomic E-state index is 0.606. The van der Waals surface area contributed by atoms with Crippen LogP contribution in [0.25, 0.3) is 0 Å².